The van der Waals surface area contributed by atoms with Crippen molar-refractivity contribution in [2.24, 2.45) is 0 Å². The van der Waals surface area contributed by atoms with Crippen LogP contribution in [0.4, 0.5) is 4.79 Å². The van der Waals surface area contributed by atoms with Gasteiger partial charge in [0.25, 0.3) is 0 Å². The Labute approximate surface area is 160 Å². The Kier molecular flexibility index (Phi) is 6.92. The van der Waals surface area contributed by atoms with Crippen molar-refractivity contribution in [1.29, 1.82) is 0 Å². The standard InChI is InChI=1S/C20H29N3O4/c1-2-23(12-16-14-26-17-10-6-7-11-18(17)27-16)13-19(24)22-20(25)21-15-8-4-3-5-9-15/h6-7,10-11,15-16H,2-5,8-9,12-14H2,1H3,(H2,21,22,24,25). The summed E-state index contributed by atoms with van der Waals surface area (Å²) in [6, 6.07) is 7.35. The molecular weight excluding hydrogens is 346 g/mol. The van der Waals surface area contributed by atoms with E-state index in [4.69, 9.17) is 9.47 Å². The van der Waals surface area contributed by atoms with Crippen LogP contribution in [0.3, 0.4) is 0 Å². The van der Waals surface area contributed by atoms with Crippen LogP contribution < -0.4 is 20.1 Å². The van der Waals surface area contributed by atoms with E-state index in [1.54, 1.807) is 0 Å². The number of fused-ring (bicyclic) bond motifs is 1. The van der Waals surface area contributed by atoms with E-state index in [2.05, 4.69) is 10.6 Å². The minimum absolute atomic E-state index is 0.149. The second-order valence-electron chi connectivity index (χ2n) is 7.18. The zero-order chi connectivity index (χ0) is 19.1. The minimum Gasteiger partial charge on any atom is -0.486 e. The first-order valence-corrected chi connectivity index (χ1v) is 9.85. The van der Waals surface area contributed by atoms with Crippen LogP contribution in [0.1, 0.15) is 39.0 Å². The highest BCUT2D eigenvalue weighted by Gasteiger charge is 2.24. The van der Waals surface area contributed by atoms with Crippen LogP contribution in [0.25, 0.3) is 0 Å². The second kappa shape index (κ2) is 9.60. The van der Waals surface area contributed by atoms with Crippen molar-refractivity contribution in [3.63, 3.8) is 0 Å². The fraction of sp³-hybridized carbons (Fsp3) is 0.600. The molecule has 2 aliphatic rings. The summed E-state index contributed by atoms with van der Waals surface area (Å²) in [5, 5.41) is 5.34. The molecule has 2 N–H and O–H groups in total. The Morgan fingerprint density at radius 1 is 1.15 bits per heavy atom. The van der Waals surface area contributed by atoms with E-state index in [0.717, 1.165) is 37.2 Å². The molecule has 0 aromatic heterocycles. The molecule has 1 aliphatic heterocycles. The number of para-hydroxylation sites is 2. The molecule has 1 aromatic carbocycles. The number of hydrogen-bond acceptors (Lipinski definition) is 5. The molecule has 0 spiro atoms. The van der Waals surface area contributed by atoms with Gasteiger partial charge in [-0.05, 0) is 31.5 Å². The molecule has 0 radical (unpaired) electrons. The third kappa shape index (κ3) is 5.85. The second-order valence-corrected chi connectivity index (χ2v) is 7.18. The number of nitrogens with zero attached hydrogens (tertiary/aromatic N) is 1. The highest BCUT2D eigenvalue weighted by Crippen LogP contribution is 2.30. The van der Waals surface area contributed by atoms with Crippen molar-refractivity contribution >= 4 is 11.9 Å². The number of imide groups is 1. The number of amides is 3. The lowest BCUT2D eigenvalue weighted by Gasteiger charge is -2.30. The summed E-state index contributed by atoms with van der Waals surface area (Å²) in [4.78, 5) is 26.2. The first-order chi connectivity index (χ1) is 13.1. The van der Waals surface area contributed by atoms with Gasteiger partial charge in [0.05, 0.1) is 6.54 Å². The Bertz CT molecular complexity index is 646. The van der Waals surface area contributed by atoms with Gasteiger partial charge < -0.3 is 14.8 Å². The lowest BCUT2D eigenvalue weighted by atomic mass is 9.96. The number of ether oxygens (including phenoxy) is 2. The Hall–Kier alpha value is -2.28. The van der Waals surface area contributed by atoms with Gasteiger partial charge in [0.15, 0.2) is 11.5 Å². The highest BCUT2D eigenvalue weighted by atomic mass is 16.6. The smallest absolute Gasteiger partial charge is 0.321 e. The maximum absolute atomic E-state index is 12.2. The molecule has 3 amide bonds. The number of carbonyl (C=O) groups excluding carboxylic acids is 2. The molecule has 0 bridgehead atoms. The van der Waals surface area contributed by atoms with Crippen molar-refractivity contribution in [1.82, 2.24) is 15.5 Å². The summed E-state index contributed by atoms with van der Waals surface area (Å²) in [5.41, 5.74) is 0. The Morgan fingerprint density at radius 3 is 2.63 bits per heavy atom. The predicted octanol–water partition coefficient (Wildman–Crippen LogP) is 2.31. The predicted molar refractivity (Wildman–Crippen MR) is 102 cm³/mol. The molecular formula is C20H29N3O4. The maximum atomic E-state index is 12.2. The van der Waals surface area contributed by atoms with Gasteiger partial charge in [0, 0.05) is 12.6 Å². The van der Waals surface area contributed by atoms with Crippen molar-refractivity contribution in [3.8, 4) is 11.5 Å². The van der Waals surface area contributed by atoms with Gasteiger partial charge in [0.2, 0.25) is 5.91 Å². The summed E-state index contributed by atoms with van der Waals surface area (Å²) < 4.78 is 11.7. The summed E-state index contributed by atoms with van der Waals surface area (Å²) in [6.45, 7) is 3.81. The molecule has 1 heterocycles. The van der Waals surface area contributed by atoms with Crippen molar-refractivity contribution in [3.05, 3.63) is 24.3 Å². The van der Waals surface area contributed by atoms with Gasteiger partial charge in [-0.2, -0.15) is 0 Å². The normalized spacial score (nSPS) is 19.6. The Balaban J connectivity index is 1.42. The molecule has 148 valence electrons. The quantitative estimate of drug-likeness (QED) is 0.798. The molecule has 1 saturated carbocycles. The van der Waals surface area contributed by atoms with E-state index in [1.807, 2.05) is 36.1 Å². The van der Waals surface area contributed by atoms with E-state index in [-0.39, 0.29) is 24.6 Å². The van der Waals surface area contributed by atoms with Gasteiger partial charge in [0.1, 0.15) is 12.7 Å². The number of carbonyl (C=O) groups is 2. The average molecular weight is 375 g/mol. The minimum atomic E-state index is -0.394. The number of hydrogen-bond donors (Lipinski definition) is 2. The zero-order valence-corrected chi connectivity index (χ0v) is 15.9. The highest BCUT2D eigenvalue weighted by molar-refractivity contribution is 5.95. The number of rotatable bonds is 6. The summed E-state index contributed by atoms with van der Waals surface area (Å²) in [5.74, 6) is 1.16. The van der Waals surface area contributed by atoms with E-state index >= 15 is 0 Å². The summed E-state index contributed by atoms with van der Waals surface area (Å²) in [7, 11) is 0. The zero-order valence-electron chi connectivity index (χ0n) is 15.9. The maximum Gasteiger partial charge on any atom is 0.321 e. The Morgan fingerprint density at radius 2 is 1.89 bits per heavy atom. The molecule has 0 saturated heterocycles. The van der Waals surface area contributed by atoms with Gasteiger partial charge in [-0.15, -0.1) is 0 Å². The third-order valence-electron chi connectivity index (χ3n) is 5.04. The van der Waals surface area contributed by atoms with Crippen LogP contribution in [0.5, 0.6) is 11.5 Å². The molecule has 3 rings (SSSR count). The molecule has 1 aromatic rings. The van der Waals surface area contributed by atoms with Crippen molar-refractivity contribution in [2.45, 2.75) is 51.2 Å². The van der Waals surface area contributed by atoms with Gasteiger partial charge >= 0.3 is 6.03 Å². The van der Waals surface area contributed by atoms with Crippen molar-refractivity contribution in [2.75, 3.05) is 26.2 Å². The van der Waals surface area contributed by atoms with Gasteiger partial charge in [-0.25, -0.2) is 4.79 Å². The van der Waals surface area contributed by atoms with Gasteiger partial charge in [-0.3, -0.25) is 15.0 Å². The van der Waals surface area contributed by atoms with E-state index in [0.29, 0.717) is 19.7 Å². The van der Waals surface area contributed by atoms with Crippen molar-refractivity contribution < 1.29 is 19.1 Å². The van der Waals surface area contributed by atoms with Crippen LogP contribution in [-0.4, -0.2) is 55.2 Å². The first kappa shape index (κ1) is 19.5. The van der Waals surface area contributed by atoms with E-state index in [9.17, 15) is 9.59 Å². The topological polar surface area (TPSA) is 79.9 Å². The largest absolute Gasteiger partial charge is 0.486 e. The lowest BCUT2D eigenvalue weighted by Crippen LogP contribution is -2.49. The SMILES string of the molecule is CCN(CC(=O)NC(=O)NC1CCCCC1)CC1COc2ccccc2O1. The van der Waals surface area contributed by atoms with E-state index < -0.39 is 6.03 Å². The fourth-order valence-corrected chi connectivity index (χ4v) is 3.58. The summed E-state index contributed by atoms with van der Waals surface area (Å²) in [6.07, 6.45) is 5.32. The van der Waals surface area contributed by atoms with Crippen LogP contribution >= 0.6 is 0 Å². The lowest BCUT2D eigenvalue weighted by molar-refractivity contribution is -0.121. The van der Waals surface area contributed by atoms with Crippen LogP contribution in [-0.2, 0) is 4.79 Å². The molecule has 1 aliphatic carbocycles. The average Bonchev–Trinajstić information content (AvgIpc) is 2.68. The third-order valence-corrected chi connectivity index (χ3v) is 5.04. The van der Waals surface area contributed by atoms with Crippen LogP contribution in [0, 0.1) is 0 Å². The monoisotopic (exact) mass is 375 g/mol. The molecule has 27 heavy (non-hydrogen) atoms. The number of urea groups is 1. The summed E-state index contributed by atoms with van der Waals surface area (Å²) >= 11 is 0. The number of nitrogens with one attached hydrogen (secondary N) is 2. The molecule has 1 atom stereocenters. The molecule has 7 heteroatoms. The molecule has 1 fully saturated rings. The number of likely N-dealkylation sites (N-methyl/N-ethyl adjacent to an activating group) is 1. The van der Waals surface area contributed by atoms with E-state index in [1.165, 1.54) is 6.42 Å². The van der Waals surface area contributed by atoms with Crippen LogP contribution in [0.2, 0.25) is 0 Å². The molecule has 7 nitrogen and oxygen atoms in total. The van der Waals surface area contributed by atoms with Gasteiger partial charge in [-0.1, -0.05) is 38.3 Å². The van der Waals surface area contributed by atoms with Crippen LogP contribution in [0.15, 0.2) is 24.3 Å². The first-order valence-electron chi connectivity index (χ1n) is 9.85. The molecule has 1 unspecified atom stereocenters. The fourth-order valence-electron chi connectivity index (χ4n) is 3.58. The number of benzene rings is 1.